The summed E-state index contributed by atoms with van der Waals surface area (Å²) in [4.78, 5) is 46.9. The van der Waals surface area contributed by atoms with Crippen molar-refractivity contribution < 1.29 is 24.3 Å². The lowest BCUT2D eigenvalue weighted by Crippen LogP contribution is -2.55. The zero-order valence-corrected chi connectivity index (χ0v) is 11.6. The average molecular weight is 297 g/mol. The highest BCUT2D eigenvalue weighted by Gasteiger charge is 2.30. The van der Waals surface area contributed by atoms with Gasteiger partial charge in [-0.2, -0.15) is 0 Å². The van der Waals surface area contributed by atoms with Crippen LogP contribution in [0.25, 0.3) is 0 Å². The molecule has 0 aromatic carbocycles. The second-order valence-corrected chi connectivity index (χ2v) is 5.48. The Labute approximate surface area is 121 Å². The molecule has 2 saturated heterocycles. The number of nitrogens with zero attached hydrogens (tertiary/aromatic N) is 1. The van der Waals surface area contributed by atoms with E-state index in [0.717, 1.165) is 0 Å². The molecule has 1 unspecified atom stereocenters. The molecule has 0 aromatic heterocycles. The van der Waals surface area contributed by atoms with Gasteiger partial charge < -0.3 is 15.3 Å². The Morgan fingerprint density at radius 1 is 1.24 bits per heavy atom. The fourth-order valence-electron chi connectivity index (χ4n) is 2.66. The van der Waals surface area contributed by atoms with Crippen LogP contribution in [0, 0.1) is 5.92 Å². The fraction of sp³-hybridized carbons (Fsp3) is 0.692. The molecule has 8 nitrogen and oxygen atoms in total. The number of carbonyl (C=O) groups excluding carboxylic acids is 3. The van der Waals surface area contributed by atoms with E-state index in [0.29, 0.717) is 32.4 Å². The van der Waals surface area contributed by atoms with Crippen molar-refractivity contribution in [2.24, 2.45) is 5.92 Å². The third-order valence-electron chi connectivity index (χ3n) is 3.90. The lowest BCUT2D eigenvalue weighted by Gasteiger charge is -2.33. The minimum absolute atomic E-state index is 0.0992. The summed E-state index contributed by atoms with van der Waals surface area (Å²) in [7, 11) is 0. The van der Waals surface area contributed by atoms with Crippen LogP contribution in [0.15, 0.2) is 0 Å². The summed E-state index contributed by atoms with van der Waals surface area (Å²) in [5.74, 6) is -1.51. The monoisotopic (exact) mass is 297 g/mol. The van der Waals surface area contributed by atoms with Gasteiger partial charge in [0.15, 0.2) is 0 Å². The number of nitrogens with one attached hydrogen (secondary N) is 2. The Hall–Kier alpha value is -2.12. The van der Waals surface area contributed by atoms with Crippen LogP contribution >= 0.6 is 0 Å². The number of likely N-dealkylation sites (tertiary alicyclic amines) is 1. The predicted octanol–water partition coefficient (Wildman–Crippen LogP) is -0.312. The number of hydrogen-bond acceptors (Lipinski definition) is 4. The maximum absolute atomic E-state index is 12.1. The standard InChI is InChI=1S/C13H19N3O5/c17-10-2-1-9(12(20)15-10)14-13(21)16-5-3-8(4-6-16)7-11(18)19/h8-9H,1-7H2,(H,14,21)(H,18,19)(H,15,17,20). The number of piperidine rings is 2. The molecular weight excluding hydrogens is 278 g/mol. The van der Waals surface area contributed by atoms with E-state index < -0.39 is 17.9 Å². The van der Waals surface area contributed by atoms with Gasteiger partial charge in [-0.1, -0.05) is 0 Å². The zero-order chi connectivity index (χ0) is 15.4. The molecule has 0 radical (unpaired) electrons. The second kappa shape index (κ2) is 6.55. The summed E-state index contributed by atoms with van der Waals surface area (Å²) in [6.07, 6.45) is 1.95. The smallest absolute Gasteiger partial charge is 0.318 e. The Kier molecular flexibility index (Phi) is 4.77. The summed E-state index contributed by atoms with van der Waals surface area (Å²) in [5.41, 5.74) is 0. The fourth-order valence-corrected chi connectivity index (χ4v) is 2.66. The predicted molar refractivity (Wildman–Crippen MR) is 71.3 cm³/mol. The molecule has 116 valence electrons. The first kappa shape index (κ1) is 15.3. The lowest BCUT2D eigenvalue weighted by molar-refractivity contribution is -0.138. The van der Waals surface area contributed by atoms with E-state index in [9.17, 15) is 19.2 Å². The Bertz CT molecular complexity index is 457. The van der Waals surface area contributed by atoms with Crippen LogP contribution in [0.3, 0.4) is 0 Å². The van der Waals surface area contributed by atoms with Gasteiger partial charge in [-0.15, -0.1) is 0 Å². The van der Waals surface area contributed by atoms with Crippen molar-refractivity contribution in [1.82, 2.24) is 15.5 Å². The van der Waals surface area contributed by atoms with Crippen molar-refractivity contribution in [2.45, 2.75) is 38.1 Å². The lowest BCUT2D eigenvalue weighted by atomic mass is 9.94. The third-order valence-corrected chi connectivity index (χ3v) is 3.90. The van der Waals surface area contributed by atoms with Gasteiger partial charge in [0.2, 0.25) is 11.8 Å². The molecule has 0 bridgehead atoms. The van der Waals surface area contributed by atoms with Crippen LogP contribution < -0.4 is 10.6 Å². The maximum Gasteiger partial charge on any atom is 0.318 e. The van der Waals surface area contributed by atoms with E-state index in [1.54, 1.807) is 4.90 Å². The van der Waals surface area contributed by atoms with E-state index in [1.807, 2.05) is 0 Å². The topological polar surface area (TPSA) is 116 Å². The van der Waals surface area contributed by atoms with Gasteiger partial charge in [-0.3, -0.25) is 19.7 Å². The summed E-state index contributed by atoms with van der Waals surface area (Å²) >= 11 is 0. The largest absolute Gasteiger partial charge is 0.481 e. The molecule has 2 aliphatic rings. The molecule has 2 rings (SSSR count). The highest BCUT2D eigenvalue weighted by Crippen LogP contribution is 2.20. The molecule has 8 heteroatoms. The molecule has 0 saturated carbocycles. The Morgan fingerprint density at radius 3 is 2.48 bits per heavy atom. The number of rotatable bonds is 3. The SMILES string of the molecule is O=C(O)CC1CCN(C(=O)NC2CCC(=O)NC2=O)CC1. The van der Waals surface area contributed by atoms with Crippen molar-refractivity contribution in [3.05, 3.63) is 0 Å². The van der Waals surface area contributed by atoms with Crippen molar-refractivity contribution in [2.75, 3.05) is 13.1 Å². The highest BCUT2D eigenvalue weighted by atomic mass is 16.4. The first-order chi connectivity index (χ1) is 9.95. The number of urea groups is 1. The first-order valence-electron chi connectivity index (χ1n) is 7.06. The molecule has 2 aliphatic heterocycles. The highest BCUT2D eigenvalue weighted by molar-refractivity contribution is 6.01. The first-order valence-corrected chi connectivity index (χ1v) is 7.06. The van der Waals surface area contributed by atoms with Crippen LogP contribution in [0.4, 0.5) is 4.79 Å². The van der Waals surface area contributed by atoms with Gasteiger partial charge in [-0.25, -0.2) is 4.79 Å². The minimum Gasteiger partial charge on any atom is -0.481 e. The number of carboxylic acid groups (broad SMARTS) is 1. The summed E-state index contributed by atoms with van der Waals surface area (Å²) in [6, 6.07) is -1.01. The quantitative estimate of drug-likeness (QED) is 0.618. The molecule has 0 aliphatic carbocycles. The number of aliphatic carboxylic acids is 1. The van der Waals surface area contributed by atoms with Crippen LogP contribution in [0.5, 0.6) is 0 Å². The van der Waals surface area contributed by atoms with Gasteiger partial charge >= 0.3 is 12.0 Å². The van der Waals surface area contributed by atoms with Crippen LogP contribution in [-0.4, -0.2) is 53.0 Å². The summed E-state index contributed by atoms with van der Waals surface area (Å²) in [5, 5.41) is 13.6. The van der Waals surface area contributed by atoms with Crippen molar-refractivity contribution >= 4 is 23.8 Å². The summed E-state index contributed by atoms with van der Waals surface area (Å²) in [6.45, 7) is 0.966. The normalized spacial score (nSPS) is 23.6. The second-order valence-electron chi connectivity index (χ2n) is 5.48. The van der Waals surface area contributed by atoms with E-state index in [2.05, 4.69) is 10.6 Å². The number of imide groups is 1. The molecule has 2 fully saturated rings. The molecular formula is C13H19N3O5. The molecule has 21 heavy (non-hydrogen) atoms. The number of carbonyl (C=O) groups is 4. The number of hydrogen-bond donors (Lipinski definition) is 3. The zero-order valence-electron chi connectivity index (χ0n) is 11.6. The maximum atomic E-state index is 12.1. The Morgan fingerprint density at radius 2 is 1.90 bits per heavy atom. The molecule has 2 heterocycles. The molecule has 4 amide bonds. The van der Waals surface area contributed by atoms with E-state index in [-0.39, 0.29) is 30.7 Å². The molecule has 3 N–H and O–H groups in total. The average Bonchev–Trinajstić information content (AvgIpc) is 2.42. The third kappa shape index (κ3) is 4.17. The van der Waals surface area contributed by atoms with Gasteiger partial charge in [-0.05, 0) is 25.2 Å². The molecule has 0 aromatic rings. The minimum atomic E-state index is -0.818. The van der Waals surface area contributed by atoms with Gasteiger partial charge in [0.05, 0.1) is 0 Å². The van der Waals surface area contributed by atoms with Gasteiger partial charge in [0.1, 0.15) is 6.04 Å². The number of amides is 4. The number of carboxylic acids is 1. The van der Waals surface area contributed by atoms with Crippen LogP contribution in [0.2, 0.25) is 0 Å². The van der Waals surface area contributed by atoms with E-state index in [1.165, 1.54) is 0 Å². The van der Waals surface area contributed by atoms with E-state index >= 15 is 0 Å². The summed E-state index contributed by atoms with van der Waals surface area (Å²) < 4.78 is 0. The van der Waals surface area contributed by atoms with E-state index in [4.69, 9.17) is 5.11 Å². The molecule has 1 atom stereocenters. The van der Waals surface area contributed by atoms with Gasteiger partial charge in [0, 0.05) is 25.9 Å². The van der Waals surface area contributed by atoms with Crippen LogP contribution in [-0.2, 0) is 14.4 Å². The Balaban J connectivity index is 1.78. The van der Waals surface area contributed by atoms with Gasteiger partial charge in [0.25, 0.3) is 0 Å². The van der Waals surface area contributed by atoms with Crippen LogP contribution in [0.1, 0.15) is 32.1 Å². The van der Waals surface area contributed by atoms with Crippen molar-refractivity contribution in [3.63, 3.8) is 0 Å². The molecule has 0 spiro atoms. The van der Waals surface area contributed by atoms with Crippen molar-refractivity contribution in [3.8, 4) is 0 Å². The van der Waals surface area contributed by atoms with Crippen molar-refractivity contribution in [1.29, 1.82) is 0 Å².